The lowest BCUT2D eigenvalue weighted by Crippen LogP contribution is -2.15. The first-order valence-electron chi connectivity index (χ1n) is 11.5. The molecule has 0 saturated heterocycles. The van der Waals surface area contributed by atoms with Crippen LogP contribution >= 0.6 is 0 Å². The lowest BCUT2D eigenvalue weighted by molar-refractivity contribution is 0.101. The first kappa shape index (κ1) is 24.5. The van der Waals surface area contributed by atoms with E-state index in [0.717, 1.165) is 5.39 Å². The van der Waals surface area contributed by atoms with Crippen molar-refractivity contribution in [1.82, 2.24) is 29.9 Å². The van der Waals surface area contributed by atoms with Gasteiger partial charge in [0.1, 0.15) is 17.3 Å². The number of rotatable bonds is 9. The summed E-state index contributed by atoms with van der Waals surface area (Å²) < 4.78 is 28.7. The molecular formula is C25H23N7O6. The Balaban J connectivity index is 1.34. The van der Waals surface area contributed by atoms with Gasteiger partial charge >= 0.3 is 0 Å². The van der Waals surface area contributed by atoms with Gasteiger partial charge in [0.25, 0.3) is 11.9 Å². The number of aromatic nitrogens is 6. The molecule has 4 heterocycles. The number of nitrogens with zero attached hydrogens (tertiary/aromatic N) is 6. The predicted octanol–water partition coefficient (Wildman–Crippen LogP) is 3.97. The Morgan fingerprint density at radius 2 is 1.87 bits per heavy atom. The third-order valence-corrected chi connectivity index (χ3v) is 5.33. The predicted molar refractivity (Wildman–Crippen MR) is 134 cm³/mol. The summed E-state index contributed by atoms with van der Waals surface area (Å²) in [6, 6.07) is 8.60. The monoisotopic (exact) mass is 517 g/mol. The molecule has 0 aliphatic rings. The fourth-order valence-electron chi connectivity index (χ4n) is 3.61. The Morgan fingerprint density at radius 3 is 2.55 bits per heavy atom. The fourth-order valence-corrected chi connectivity index (χ4v) is 3.61. The second-order valence-corrected chi connectivity index (χ2v) is 7.80. The van der Waals surface area contributed by atoms with Crippen LogP contribution in [-0.2, 0) is 0 Å². The summed E-state index contributed by atoms with van der Waals surface area (Å²) >= 11 is 0. The van der Waals surface area contributed by atoms with Crippen molar-refractivity contribution in [1.29, 1.82) is 0 Å². The summed E-state index contributed by atoms with van der Waals surface area (Å²) in [5.41, 5.74) is 0.724. The molecule has 38 heavy (non-hydrogen) atoms. The van der Waals surface area contributed by atoms with Gasteiger partial charge in [-0.1, -0.05) is 0 Å². The average Bonchev–Trinajstić information content (AvgIpc) is 3.55. The molecule has 0 aliphatic carbocycles. The number of pyridine rings is 2. The maximum absolute atomic E-state index is 13.0. The van der Waals surface area contributed by atoms with Gasteiger partial charge in [0.2, 0.25) is 5.89 Å². The smallest absolute Gasteiger partial charge is 0.290 e. The zero-order valence-electron chi connectivity index (χ0n) is 21.0. The highest BCUT2D eigenvalue weighted by Crippen LogP contribution is 2.36. The molecule has 0 unspecified atom stereocenters. The van der Waals surface area contributed by atoms with Gasteiger partial charge in [0.05, 0.1) is 38.7 Å². The van der Waals surface area contributed by atoms with Crippen LogP contribution in [0.15, 0.2) is 53.4 Å². The van der Waals surface area contributed by atoms with Crippen LogP contribution in [0.2, 0.25) is 0 Å². The Morgan fingerprint density at radius 1 is 1.05 bits per heavy atom. The normalized spacial score (nSPS) is 10.8. The summed E-state index contributed by atoms with van der Waals surface area (Å²) in [7, 11) is 3.12. The number of ether oxygens (including phenoxy) is 4. The molecule has 4 aromatic heterocycles. The van der Waals surface area contributed by atoms with E-state index >= 15 is 0 Å². The standard InChI is InChI=1S/C25H23N7O6/c1-5-36-21-13-32(25-28-14(2)38-31-25)30-23(21)24(33)29-22-7-6-15(12-27-22)37-18-8-9-26-17-11-20(35-4)19(34-3)10-16(17)18/h6-13H,5H2,1-4H3,(H,27,29,33). The van der Waals surface area contributed by atoms with Crippen molar-refractivity contribution in [3.8, 4) is 34.7 Å². The number of fused-ring (bicyclic) bond motifs is 1. The van der Waals surface area contributed by atoms with Crippen LogP contribution in [0, 0.1) is 6.92 Å². The molecule has 0 bridgehead atoms. The van der Waals surface area contributed by atoms with Gasteiger partial charge in [0.15, 0.2) is 22.9 Å². The molecule has 0 atom stereocenters. The lowest BCUT2D eigenvalue weighted by Gasteiger charge is -2.12. The Hall–Kier alpha value is -5.20. The van der Waals surface area contributed by atoms with Gasteiger partial charge in [0, 0.05) is 24.6 Å². The van der Waals surface area contributed by atoms with E-state index in [0.29, 0.717) is 46.8 Å². The summed E-state index contributed by atoms with van der Waals surface area (Å²) in [4.78, 5) is 25.7. The first-order chi connectivity index (χ1) is 18.5. The van der Waals surface area contributed by atoms with Crippen LogP contribution < -0.4 is 24.3 Å². The summed E-state index contributed by atoms with van der Waals surface area (Å²) in [5.74, 6) is 2.72. The van der Waals surface area contributed by atoms with Gasteiger partial charge in [-0.15, -0.1) is 0 Å². The van der Waals surface area contributed by atoms with Crippen LogP contribution in [-0.4, -0.2) is 56.6 Å². The van der Waals surface area contributed by atoms with Gasteiger partial charge in [-0.2, -0.15) is 14.8 Å². The van der Waals surface area contributed by atoms with Crippen LogP contribution in [0.3, 0.4) is 0 Å². The molecule has 13 nitrogen and oxygen atoms in total. The van der Waals surface area contributed by atoms with E-state index in [-0.39, 0.29) is 17.4 Å². The number of hydrogen-bond acceptors (Lipinski definition) is 11. The average molecular weight is 518 g/mol. The summed E-state index contributed by atoms with van der Waals surface area (Å²) in [5, 5.41) is 11.5. The largest absolute Gasteiger partial charge is 0.493 e. The molecule has 0 spiro atoms. The third kappa shape index (κ3) is 4.89. The second kappa shape index (κ2) is 10.4. The quantitative estimate of drug-likeness (QED) is 0.303. The van der Waals surface area contributed by atoms with Crippen molar-refractivity contribution in [3.05, 3.63) is 60.5 Å². The topological polar surface area (TPSA) is 149 Å². The zero-order chi connectivity index (χ0) is 26.6. The number of carbonyl (C=O) groups is 1. The number of anilines is 1. The van der Waals surface area contributed by atoms with Crippen molar-refractivity contribution in [2.75, 3.05) is 26.1 Å². The molecule has 1 N–H and O–H groups in total. The van der Waals surface area contributed by atoms with Crippen LogP contribution in [0.5, 0.6) is 28.7 Å². The molecule has 0 fully saturated rings. The number of aryl methyl sites for hydroxylation is 1. The molecule has 1 aromatic carbocycles. The van der Waals surface area contributed by atoms with Gasteiger partial charge in [-0.05, 0) is 36.3 Å². The number of amides is 1. The minimum absolute atomic E-state index is 0.0454. The molecule has 0 saturated carbocycles. The molecule has 0 aliphatic heterocycles. The van der Waals surface area contributed by atoms with Gasteiger partial charge in [-0.3, -0.25) is 9.78 Å². The highest BCUT2D eigenvalue weighted by molar-refractivity contribution is 6.04. The number of methoxy groups -OCH3 is 2. The van der Waals surface area contributed by atoms with E-state index in [9.17, 15) is 4.79 Å². The molecule has 5 rings (SSSR count). The first-order valence-corrected chi connectivity index (χ1v) is 11.5. The van der Waals surface area contributed by atoms with E-state index in [2.05, 4.69) is 30.5 Å². The zero-order valence-corrected chi connectivity index (χ0v) is 21.0. The Bertz CT molecular complexity index is 1600. The molecule has 5 aromatic rings. The SMILES string of the molecule is CCOc1cn(-c2noc(C)n2)nc1C(=O)Nc1ccc(Oc2ccnc3cc(OC)c(OC)cc23)cn1. The minimum Gasteiger partial charge on any atom is -0.493 e. The van der Waals surface area contributed by atoms with Crippen LogP contribution in [0.25, 0.3) is 16.9 Å². The van der Waals surface area contributed by atoms with Crippen molar-refractivity contribution in [3.63, 3.8) is 0 Å². The third-order valence-electron chi connectivity index (χ3n) is 5.33. The fraction of sp³-hybridized carbons (Fsp3) is 0.200. The number of benzene rings is 1. The Labute approximate surface area is 216 Å². The van der Waals surface area contributed by atoms with E-state index in [1.54, 1.807) is 64.6 Å². The minimum atomic E-state index is -0.519. The van der Waals surface area contributed by atoms with E-state index in [1.807, 2.05) is 0 Å². The Kier molecular flexibility index (Phi) is 6.72. The van der Waals surface area contributed by atoms with Gasteiger partial charge < -0.3 is 28.8 Å². The van der Waals surface area contributed by atoms with Crippen molar-refractivity contribution < 1.29 is 28.3 Å². The summed E-state index contributed by atoms with van der Waals surface area (Å²) in [6.45, 7) is 3.79. The highest BCUT2D eigenvalue weighted by atomic mass is 16.5. The number of carbonyl (C=O) groups excluding carboxylic acids is 1. The van der Waals surface area contributed by atoms with Crippen LogP contribution in [0.1, 0.15) is 23.3 Å². The lowest BCUT2D eigenvalue weighted by atomic mass is 10.2. The van der Waals surface area contributed by atoms with Gasteiger partial charge in [-0.25, -0.2) is 4.98 Å². The number of nitrogens with one attached hydrogen (secondary N) is 1. The molecule has 1 amide bonds. The maximum atomic E-state index is 13.0. The molecule has 194 valence electrons. The van der Waals surface area contributed by atoms with Crippen molar-refractivity contribution in [2.24, 2.45) is 0 Å². The van der Waals surface area contributed by atoms with E-state index in [4.69, 9.17) is 23.5 Å². The van der Waals surface area contributed by atoms with Crippen molar-refractivity contribution >= 4 is 22.6 Å². The second-order valence-electron chi connectivity index (χ2n) is 7.80. The van der Waals surface area contributed by atoms with E-state index in [1.165, 1.54) is 17.1 Å². The highest BCUT2D eigenvalue weighted by Gasteiger charge is 2.21. The molecule has 0 radical (unpaired) electrons. The van der Waals surface area contributed by atoms with Crippen molar-refractivity contribution in [2.45, 2.75) is 13.8 Å². The summed E-state index contributed by atoms with van der Waals surface area (Å²) in [6.07, 6.45) is 4.64. The van der Waals surface area contributed by atoms with E-state index < -0.39 is 5.91 Å². The molecular weight excluding hydrogens is 494 g/mol. The van der Waals surface area contributed by atoms with Crippen LogP contribution in [0.4, 0.5) is 5.82 Å². The molecule has 13 heteroatoms. The maximum Gasteiger partial charge on any atom is 0.290 e. The number of hydrogen-bond donors (Lipinski definition) is 1.